The zero-order valence-corrected chi connectivity index (χ0v) is 14.7. The molecule has 0 saturated heterocycles. The van der Waals surface area contributed by atoms with Gasteiger partial charge in [-0.05, 0) is 50.2 Å². The molecule has 1 aliphatic rings. The minimum absolute atomic E-state index is 0.0130. The molecule has 24 heavy (non-hydrogen) atoms. The number of nitrogens with one attached hydrogen (secondary N) is 1. The molecule has 8 heteroatoms. The first-order valence-electron chi connectivity index (χ1n) is 7.68. The molecule has 0 saturated carbocycles. The molecule has 0 atom stereocenters. The fraction of sp³-hybridized carbons (Fsp3) is 0.375. The molecular formula is C16H20N4O3S. The van der Waals surface area contributed by atoms with E-state index in [2.05, 4.69) is 9.82 Å². The Balaban J connectivity index is 1.84. The third kappa shape index (κ3) is 2.94. The van der Waals surface area contributed by atoms with Crippen LogP contribution in [-0.4, -0.2) is 37.7 Å². The van der Waals surface area contributed by atoms with Crippen molar-refractivity contribution in [2.24, 2.45) is 7.05 Å². The van der Waals surface area contributed by atoms with Gasteiger partial charge in [-0.25, -0.2) is 13.1 Å². The predicted octanol–water partition coefficient (Wildman–Crippen LogP) is 0.768. The van der Waals surface area contributed by atoms with Gasteiger partial charge in [0.15, 0.2) is 0 Å². The molecule has 2 heterocycles. The first kappa shape index (κ1) is 16.7. The van der Waals surface area contributed by atoms with Gasteiger partial charge in [0.05, 0.1) is 17.0 Å². The van der Waals surface area contributed by atoms with Gasteiger partial charge in [-0.1, -0.05) is 0 Å². The zero-order valence-electron chi connectivity index (χ0n) is 13.9. The molecule has 0 fully saturated rings. The van der Waals surface area contributed by atoms with Crippen LogP contribution in [0, 0.1) is 6.92 Å². The largest absolute Gasteiger partial charge is 0.311 e. The maximum Gasteiger partial charge on any atom is 0.240 e. The van der Waals surface area contributed by atoms with Crippen LogP contribution in [0.25, 0.3) is 0 Å². The van der Waals surface area contributed by atoms with Crippen LogP contribution >= 0.6 is 0 Å². The van der Waals surface area contributed by atoms with Crippen molar-refractivity contribution in [3.05, 3.63) is 41.2 Å². The fourth-order valence-electron chi connectivity index (χ4n) is 3.00. The molecule has 1 amide bonds. The van der Waals surface area contributed by atoms with Crippen LogP contribution in [0.15, 0.2) is 29.2 Å². The number of fused-ring (bicyclic) bond motifs is 1. The summed E-state index contributed by atoms with van der Waals surface area (Å²) in [6.45, 7) is 2.46. The van der Waals surface area contributed by atoms with E-state index in [4.69, 9.17) is 0 Å². The summed E-state index contributed by atoms with van der Waals surface area (Å²) in [5, 5.41) is 4.26. The molecule has 0 unspecified atom stereocenters. The van der Waals surface area contributed by atoms with Crippen molar-refractivity contribution in [2.45, 2.75) is 24.7 Å². The first-order valence-corrected chi connectivity index (χ1v) is 9.16. The lowest BCUT2D eigenvalue weighted by atomic mass is 10.2. The van der Waals surface area contributed by atoms with Gasteiger partial charge in [0.1, 0.15) is 0 Å². The maximum absolute atomic E-state index is 12.6. The van der Waals surface area contributed by atoms with E-state index in [0.717, 1.165) is 22.6 Å². The van der Waals surface area contributed by atoms with E-state index < -0.39 is 10.0 Å². The summed E-state index contributed by atoms with van der Waals surface area (Å²) in [5.41, 5.74) is 3.40. The minimum atomic E-state index is -3.47. The van der Waals surface area contributed by atoms with Crippen molar-refractivity contribution in [3.63, 3.8) is 0 Å². The molecular weight excluding hydrogens is 328 g/mol. The van der Waals surface area contributed by atoms with Crippen molar-refractivity contribution in [2.75, 3.05) is 18.5 Å². The van der Waals surface area contributed by atoms with Crippen molar-refractivity contribution in [1.82, 2.24) is 14.5 Å². The number of hydrogen-bond acceptors (Lipinski definition) is 4. The first-order chi connectivity index (χ1) is 11.3. The molecule has 1 aliphatic heterocycles. The molecule has 0 spiro atoms. The van der Waals surface area contributed by atoms with Gasteiger partial charge in [0.2, 0.25) is 15.9 Å². The smallest absolute Gasteiger partial charge is 0.240 e. The minimum Gasteiger partial charge on any atom is -0.311 e. The lowest BCUT2D eigenvalue weighted by Crippen LogP contribution is -2.31. The second-order valence-electron chi connectivity index (χ2n) is 5.87. The number of carbonyl (C=O) groups is 1. The summed E-state index contributed by atoms with van der Waals surface area (Å²) in [7, 11) is -0.269. The van der Waals surface area contributed by atoms with E-state index in [-0.39, 0.29) is 17.2 Å². The van der Waals surface area contributed by atoms with Crippen LogP contribution in [0.1, 0.15) is 17.0 Å². The Kier molecular flexibility index (Phi) is 4.18. The monoisotopic (exact) mass is 348 g/mol. The number of hydrogen-bond donors (Lipinski definition) is 1. The number of aromatic nitrogens is 2. The summed E-state index contributed by atoms with van der Waals surface area (Å²) in [6.07, 6.45) is 0.923. The number of amides is 1. The average molecular weight is 348 g/mol. The molecule has 128 valence electrons. The zero-order chi connectivity index (χ0) is 17.5. The van der Waals surface area contributed by atoms with E-state index in [1.165, 1.54) is 13.1 Å². The van der Waals surface area contributed by atoms with Crippen LogP contribution in [-0.2, 0) is 34.7 Å². The molecule has 1 aromatic heterocycles. The van der Waals surface area contributed by atoms with Crippen LogP contribution in [0.3, 0.4) is 0 Å². The molecule has 0 radical (unpaired) electrons. The number of benzene rings is 1. The van der Waals surface area contributed by atoms with E-state index in [9.17, 15) is 13.2 Å². The highest BCUT2D eigenvalue weighted by atomic mass is 32.2. The van der Waals surface area contributed by atoms with Crippen molar-refractivity contribution < 1.29 is 13.2 Å². The number of sulfonamides is 1. The summed E-state index contributed by atoms with van der Waals surface area (Å²) in [4.78, 5) is 14.6. The Morgan fingerprint density at radius 1 is 1.33 bits per heavy atom. The summed E-state index contributed by atoms with van der Waals surface area (Å²) < 4.78 is 27.8. The topological polar surface area (TPSA) is 84.3 Å². The highest BCUT2D eigenvalue weighted by Gasteiger charge is 2.27. The quantitative estimate of drug-likeness (QED) is 0.884. The molecule has 1 aromatic carbocycles. The molecule has 3 rings (SSSR count). The predicted molar refractivity (Wildman–Crippen MR) is 90.4 cm³/mol. The highest BCUT2D eigenvalue weighted by molar-refractivity contribution is 7.89. The third-order valence-electron chi connectivity index (χ3n) is 4.26. The van der Waals surface area contributed by atoms with E-state index in [1.54, 1.807) is 21.7 Å². The number of nitrogens with zero attached hydrogens (tertiary/aromatic N) is 3. The standard InChI is InChI=1S/C16H20N4O3S/c1-11-8-13(19(3)18-11)10-16(21)20-7-6-12-9-14(4-5-15(12)20)24(22,23)17-2/h4-5,8-9,17H,6-7,10H2,1-3H3. The SMILES string of the molecule is CNS(=O)(=O)c1ccc2c(c1)CCN2C(=O)Cc1cc(C)nn1C. The number of rotatable bonds is 4. The Labute approximate surface area is 141 Å². The average Bonchev–Trinajstić information content (AvgIpc) is 3.09. The maximum atomic E-state index is 12.6. The van der Waals surface area contributed by atoms with Crippen LogP contribution in [0.5, 0.6) is 0 Å². The second kappa shape index (κ2) is 6.03. The van der Waals surface area contributed by atoms with Gasteiger partial charge in [-0.2, -0.15) is 5.10 Å². The molecule has 1 N–H and O–H groups in total. The van der Waals surface area contributed by atoms with E-state index >= 15 is 0 Å². The van der Waals surface area contributed by atoms with Gasteiger partial charge in [0, 0.05) is 25.0 Å². The Hall–Kier alpha value is -2.19. The summed E-state index contributed by atoms with van der Waals surface area (Å²) >= 11 is 0. The molecule has 2 aromatic rings. The molecule has 0 bridgehead atoms. The van der Waals surface area contributed by atoms with Gasteiger partial charge in [-0.15, -0.1) is 0 Å². The van der Waals surface area contributed by atoms with E-state index in [0.29, 0.717) is 13.0 Å². The normalized spacial score (nSPS) is 14.0. The molecule has 0 aliphatic carbocycles. The molecule has 7 nitrogen and oxygen atoms in total. The number of anilines is 1. The number of aryl methyl sites for hydroxylation is 2. The lowest BCUT2D eigenvalue weighted by molar-refractivity contribution is -0.118. The summed E-state index contributed by atoms with van der Waals surface area (Å²) in [5.74, 6) is -0.0130. The van der Waals surface area contributed by atoms with Crippen molar-refractivity contribution >= 4 is 21.6 Å². The Morgan fingerprint density at radius 3 is 2.71 bits per heavy atom. The van der Waals surface area contributed by atoms with Crippen molar-refractivity contribution in [3.8, 4) is 0 Å². The van der Waals surface area contributed by atoms with Crippen LogP contribution in [0.2, 0.25) is 0 Å². The fourth-order valence-corrected chi connectivity index (χ4v) is 3.78. The van der Waals surface area contributed by atoms with Crippen molar-refractivity contribution in [1.29, 1.82) is 0 Å². The summed E-state index contributed by atoms with van der Waals surface area (Å²) in [6, 6.07) is 6.78. The van der Waals surface area contributed by atoms with E-state index in [1.807, 2.05) is 20.0 Å². The third-order valence-corrected chi connectivity index (χ3v) is 5.67. The van der Waals surface area contributed by atoms with Gasteiger partial charge >= 0.3 is 0 Å². The highest BCUT2D eigenvalue weighted by Crippen LogP contribution is 2.30. The van der Waals surface area contributed by atoms with Gasteiger partial charge < -0.3 is 4.90 Å². The van der Waals surface area contributed by atoms with Gasteiger partial charge in [-0.3, -0.25) is 9.48 Å². The second-order valence-corrected chi connectivity index (χ2v) is 7.76. The Bertz CT molecular complexity index is 902. The lowest BCUT2D eigenvalue weighted by Gasteiger charge is -2.17. The van der Waals surface area contributed by atoms with Crippen LogP contribution < -0.4 is 9.62 Å². The Morgan fingerprint density at radius 2 is 2.08 bits per heavy atom. The van der Waals surface area contributed by atoms with Gasteiger partial charge in [0.25, 0.3) is 0 Å². The number of carbonyl (C=O) groups excluding carboxylic acids is 1. The van der Waals surface area contributed by atoms with Crippen LogP contribution in [0.4, 0.5) is 5.69 Å².